The quantitative estimate of drug-likeness (QED) is 0.656. The minimum Gasteiger partial charge on any atom is -0.540 e. The van der Waals surface area contributed by atoms with Gasteiger partial charge in [0, 0.05) is 11.1 Å². The largest absolute Gasteiger partial charge is 0.540 e. The van der Waals surface area contributed by atoms with Crippen LogP contribution in [0.1, 0.15) is 58.2 Å². The van der Waals surface area contributed by atoms with E-state index < -0.39 is 0 Å². The predicted octanol–water partition coefficient (Wildman–Crippen LogP) is 5.73. The van der Waals surface area contributed by atoms with Crippen molar-refractivity contribution in [2.24, 2.45) is 0 Å². The summed E-state index contributed by atoms with van der Waals surface area (Å²) < 4.78 is 11.7. The fourth-order valence-electron chi connectivity index (χ4n) is 3.80. The van der Waals surface area contributed by atoms with E-state index >= 15 is 0 Å². The molecule has 25 heavy (non-hydrogen) atoms. The summed E-state index contributed by atoms with van der Waals surface area (Å²) in [6, 6.07) is 10.3. The molecule has 0 amide bonds. The summed E-state index contributed by atoms with van der Waals surface area (Å²) in [4.78, 5) is 0. The lowest BCUT2D eigenvalue weighted by atomic mass is 9.73. The molecule has 0 saturated carbocycles. The second-order valence-electron chi connectivity index (χ2n) is 8.58. The fourth-order valence-corrected chi connectivity index (χ4v) is 4.00. The molecular weight excluding hydrogens is 324 g/mol. The van der Waals surface area contributed by atoms with Crippen molar-refractivity contribution in [2.45, 2.75) is 59.3 Å². The standard InChI is InChI=1S/C22H29O2Si/c1-14-17(21(2,3)4)19(23-8)16(15-12-10-9-11-13-15)20(24-25)18(14)22(5,6)7/h9-13H,1-8H3. The Morgan fingerprint density at radius 1 is 0.800 bits per heavy atom. The molecule has 2 rings (SSSR count). The van der Waals surface area contributed by atoms with Crippen LogP contribution < -0.4 is 9.16 Å². The molecule has 0 heterocycles. The SMILES string of the molecule is COc1c(-c2ccccc2)c(O[Si])c(C(C)(C)C)c(C)c1C(C)(C)C. The molecule has 0 atom stereocenters. The third kappa shape index (κ3) is 3.62. The second kappa shape index (κ2) is 6.87. The molecule has 0 aromatic heterocycles. The van der Waals surface area contributed by atoms with Crippen molar-refractivity contribution >= 4 is 10.5 Å². The maximum atomic E-state index is 5.95. The zero-order chi connectivity index (χ0) is 19.0. The fraction of sp³-hybridized carbons (Fsp3) is 0.455. The van der Waals surface area contributed by atoms with E-state index in [2.05, 4.69) is 71.1 Å². The first kappa shape index (κ1) is 19.6. The zero-order valence-corrected chi connectivity index (χ0v) is 17.7. The minimum atomic E-state index is -0.0676. The van der Waals surface area contributed by atoms with Crippen molar-refractivity contribution in [3.05, 3.63) is 47.0 Å². The zero-order valence-electron chi connectivity index (χ0n) is 16.7. The third-order valence-corrected chi connectivity index (χ3v) is 4.73. The normalized spacial score (nSPS) is 12.2. The highest BCUT2D eigenvalue weighted by Crippen LogP contribution is 2.51. The molecule has 2 nitrogen and oxygen atoms in total. The monoisotopic (exact) mass is 353 g/mol. The lowest BCUT2D eigenvalue weighted by Crippen LogP contribution is -2.22. The maximum Gasteiger partial charge on any atom is 0.341 e. The number of rotatable bonds is 3. The van der Waals surface area contributed by atoms with Crippen LogP contribution in [0, 0.1) is 6.92 Å². The molecule has 0 fully saturated rings. The van der Waals surface area contributed by atoms with Crippen LogP contribution in [0.2, 0.25) is 0 Å². The predicted molar refractivity (Wildman–Crippen MR) is 107 cm³/mol. The first-order valence-corrected chi connectivity index (χ1v) is 9.09. The number of methoxy groups -OCH3 is 1. The van der Waals surface area contributed by atoms with Crippen molar-refractivity contribution in [3.63, 3.8) is 0 Å². The van der Waals surface area contributed by atoms with E-state index in [0.717, 1.165) is 22.6 Å². The Bertz CT molecular complexity index is 707. The highest BCUT2D eigenvalue weighted by molar-refractivity contribution is 6.01. The highest BCUT2D eigenvalue weighted by atomic mass is 28.2. The molecule has 0 aliphatic rings. The average Bonchev–Trinajstić information content (AvgIpc) is 2.51. The highest BCUT2D eigenvalue weighted by Gasteiger charge is 2.33. The molecule has 3 heteroatoms. The smallest absolute Gasteiger partial charge is 0.341 e. The first-order valence-electron chi connectivity index (χ1n) is 8.68. The van der Waals surface area contributed by atoms with Gasteiger partial charge in [-0.2, -0.15) is 0 Å². The summed E-state index contributed by atoms with van der Waals surface area (Å²) in [5.74, 6) is 1.72. The van der Waals surface area contributed by atoms with Gasteiger partial charge in [0.1, 0.15) is 11.5 Å². The van der Waals surface area contributed by atoms with Gasteiger partial charge in [0.25, 0.3) is 0 Å². The first-order chi connectivity index (χ1) is 11.5. The molecule has 0 aliphatic carbocycles. The number of ether oxygens (including phenoxy) is 1. The van der Waals surface area contributed by atoms with Crippen LogP contribution in [0.4, 0.5) is 0 Å². The molecule has 133 valence electrons. The molecule has 2 aromatic rings. The maximum absolute atomic E-state index is 5.95. The summed E-state index contributed by atoms with van der Waals surface area (Å²) in [5, 5.41) is 0. The van der Waals surface area contributed by atoms with E-state index in [1.807, 2.05) is 18.2 Å². The molecule has 3 radical (unpaired) electrons. The van der Waals surface area contributed by atoms with E-state index in [-0.39, 0.29) is 10.8 Å². The van der Waals surface area contributed by atoms with Gasteiger partial charge in [-0.05, 0) is 28.9 Å². The van der Waals surface area contributed by atoms with E-state index in [9.17, 15) is 0 Å². The summed E-state index contributed by atoms with van der Waals surface area (Å²) in [6.07, 6.45) is 0. The molecule has 2 aromatic carbocycles. The second-order valence-corrected chi connectivity index (χ2v) is 8.78. The Hall–Kier alpha value is -1.74. The molecule has 0 spiro atoms. The summed E-state index contributed by atoms with van der Waals surface area (Å²) in [7, 11) is 5.06. The van der Waals surface area contributed by atoms with E-state index in [4.69, 9.17) is 9.16 Å². The van der Waals surface area contributed by atoms with Crippen molar-refractivity contribution < 1.29 is 9.16 Å². The summed E-state index contributed by atoms with van der Waals surface area (Å²) >= 11 is 0. The van der Waals surface area contributed by atoms with Crippen LogP contribution >= 0.6 is 0 Å². The van der Waals surface area contributed by atoms with Gasteiger partial charge in [-0.1, -0.05) is 71.9 Å². The average molecular weight is 354 g/mol. The lowest BCUT2D eigenvalue weighted by Gasteiger charge is -2.34. The number of hydrogen-bond acceptors (Lipinski definition) is 2. The van der Waals surface area contributed by atoms with Crippen molar-refractivity contribution in [3.8, 4) is 22.6 Å². The lowest BCUT2D eigenvalue weighted by molar-refractivity contribution is 0.394. The van der Waals surface area contributed by atoms with Gasteiger partial charge in [0.15, 0.2) is 0 Å². The van der Waals surface area contributed by atoms with Crippen LogP contribution in [-0.4, -0.2) is 17.6 Å². The van der Waals surface area contributed by atoms with Crippen molar-refractivity contribution in [2.75, 3.05) is 7.11 Å². The van der Waals surface area contributed by atoms with Crippen LogP contribution in [0.5, 0.6) is 11.5 Å². The van der Waals surface area contributed by atoms with Crippen LogP contribution in [-0.2, 0) is 10.8 Å². The molecule has 0 N–H and O–H groups in total. The van der Waals surface area contributed by atoms with Crippen LogP contribution in [0.25, 0.3) is 11.1 Å². The minimum absolute atomic E-state index is 0.0524. The topological polar surface area (TPSA) is 18.5 Å². The van der Waals surface area contributed by atoms with Gasteiger partial charge in [0.05, 0.1) is 12.7 Å². The van der Waals surface area contributed by atoms with Gasteiger partial charge in [0.2, 0.25) is 0 Å². The Morgan fingerprint density at radius 3 is 1.68 bits per heavy atom. The summed E-state index contributed by atoms with van der Waals surface area (Å²) in [5.41, 5.74) is 5.62. The molecular formula is C22H29O2Si. The van der Waals surface area contributed by atoms with Gasteiger partial charge in [-0.25, -0.2) is 0 Å². The van der Waals surface area contributed by atoms with Crippen LogP contribution in [0.15, 0.2) is 30.3 Å². The Kier molecular flexibility index (Phi) is 5.38. The summed E-state index contributed by atoms with van der Waals surface area (Å²) in [6.45, 7) is 15.5. The Balaban J connectivity index is 3.09. The van der Waals surface area contributed by atoms with Gasteiger partial charge >= 0.3 is 10.5 Å². The number of benzene rings is 2. The molecule has 0 unspecified atom stereocenters. The third-order valence-electron chi connectivity index (χ3n) is 4.53. The van der Waals surface area contributed by atoms with Gasteiger partial charge in [-0.15, -0.1) is 0 Å². The van der Waals surface area contributed by atoms with Crippen molar-refractivity contribution in [1.82, 2.24) is 0 Å². The van der Waals surface area contributed by atoms with Gasteiger partial charge in [-0.3, -0.25) is 0 Å². The van der Waals surface area contributed by atoms with Gasteiger partial charge < -0.3 is 9.16 Å². The number of hydrogen-bond donors (Lipinski definition) is 0. The Morgan fingerprint density at radius 2 is 1.28 bits per heavy atom. The molecule has 0 saturated heterocycles. The Labute approximate surface area is 156 Å². The molecule has 0 bridgehead atoms. The van der Waals surface area contributed by atoms with E-state index in [1.54, 1.807) is 7.11 Å². The molecule has 0 aliphatic heterocycles. The van der Waals surface area contributed by atoms with Crippen LogP contribution in [0.3, 0.4) is 0 Å². The van der Waals surface area contributed by atoms with Crippen molar-refractivity contribution in [1.29, 1.82) is 0 Å². The van der Waals surface area contributed by atoms with E-state index in [1.165, 1.54) is 16.7 Å². The van der Waals surface area contributed by atoms with E-state index in [0.29, 0.717) is 0 Å².